The van der Waals surface area contributed by atoms with Crippen LogP contribution in [0.5, 0.6) is 11.6 Å². The number of ether oxygens (including phenoxy) is 1. The van der Waals surface area contributed by atoms with Gasteiger partial charge in [-0.1, -0.05) is 45.9 Å². The third-order valence-corrected chi connectivity index (χ3v) is 6.58. The first-order valence-corrected chi connectivity index (χ1v) is 13.4. The molecule has 0 radical (unpaired) electrons. The second-order valence-electron chi connectivity index (χ2n) is 9.25. The van der Waals surface area contributed by atoms with Crippen LogP contribution >= 0.6 is 0 Å². The minimum absolute atomic E-state index is 0.0652. The molecule has 0 bridgehead atoms. The molecule has 1 heterocycles. The summed E-state index contributed by atoms with van der Waals surface area (Å²) in [5.41, 5.74) is 2.03. The SMILES string of the molecule is CC(C)c1ccc(Oc2nc(N(C)S(C)(=O)=O)nc(C(C)C)c2/C=C/[C@@H](O)C[C@@H](O)CC(=O)O)cc1. The number of benzene rings is 1. The van der Waals surface area contributed by atoms with Crippen molar-refractivity contribution < 1.29 is 33.3 Å². The number of carboxylic acid groups (broad SMARTS) is 1. The van der Waals surface area contributed by atoms with E-state index in [0.717, 1.165) is 16.1 Å². The van der Waals surface area contributed by atoms with Crippen LogP contribution in [0.4, 0.5) is 5.95 Å². The molecular weight excluding hydrogens is 486 g/mol. The van der Waals surface area contributed by atoms with Gasteiger partial charge in [0.1, 0.15) is 5.75 Å². The van der Waals surface area contributed by atoms with E-state index in [2.05, 4.69) is 23.8 Å². The maximum Gasteiger partial charge on any atom is 0.305 e. The molecule has 0 aliphatic rings. The van der Waals surface area contributed by atoms with E-state index in [0.29, 0.717) is 22.9 Å². The zero-order valence-electron chi connectivity index (χ0n) is 21.4. The first kappa shape index (κ1) is 29.2. The predicted molar refractivity (Wildman–Crippen MR) is 138 cm³/mol. The molecule has 2 rings (SSSR count). The topological polar surface area (TPSA) is 150 Å². The van der Waals surface area contributed by atoms with E-state index in [4.69, 9.17) is 9.84 Å². The summed E-state index contributed by atoms with van der Waals surface area (Å²) in [7, 11) is -2.30. The van der Waals surface area contributed by atoms with Gasteiger partial charge >= 0.3 is 5.97 Å². The molecule has 2 aromatic rings. The molecule has 0 unspecified atom stereocenters. The third-order valence-electron chi connectivity index (χ3n) is 5.42. The fraction of sp³-hybridized carbons (Fsp3) is 0.480. The summed E-state index contributed by atoms with van der Waals surface area (Å²) in [6.45, 7) is 7.89. The number of aliphatic hydroxyl groups excluding tert-OH is 2. The fourth-order valence-corrected chi connectivity index (χ4v) is 3.68. The van der Waals surface area contributed by atoms with Crippen molar-refractivity contribution in [3.05, 3.63) is 47.2 Å². The zero-order valence-corrected chi connectivity index (χ0v) is 22.2. The van der Waals surface area contributed by atoms with E-state index in [1.54, 1.807) is 12.1 Å². The molecule has 2 atom stereocenters. The molecule has 0 spiro atoms. The first-order valence-electron chi connectivity index (χ1n) is 11.6. The lowest BCUT2D eigenvalue weighted by Gasteiger charge is -2.20. The van der Waals surface area contributed by atoms with Crippen molar-refractivity contribution in [2.75, 3.05) is 17.6 Å². The van der Waals surface area contributed by atoms with Crippen LogP contribution in [0.25, 0.3) is 6.08 Å². The maximum atomic E-state index is 12.2. The van der Waals surface area contributed by atoms with Crippen LogP contribution < -0.4 is 9.04 Å². The number of sulfonamides is 1. The Bertz CT molecular complexity index is 1180. The zero-order chi connectivity index (χ0) is 27.2. The summed E-state index contributed by atoms with van der Waals surface area (Å²) in [5, 5.41) is 29.0. The van der Waals surface area contributed by atoms with Crippen LogP contribution in [0.15, 0.2) is 30.3 Å². The van der Waals surface area contributed by atoms with E-state index in [-0.39, 0.29) is 24.2 Å². The average molecular weight is 522 g/mol. The highest BCUT2D eigenvalue weighted by atomic mass is 32.2. The van der Waals surface area contributed by atoms with Crippen molar-refractivity contribution in [2.45, 2.75) is 64.6 Å². The number of nitrogens with zero attached hydrogens (tertiary/aromatic N) is 3. The van der Waals surface area contributed by atoms with Crippen molar-refractivity contribution in [2.24, 2.45) is 0 Å². The van der Waals surface area contributed by atoms with Gasteiger partial charge in [-0.2, -0.15) is 4.98 Å². The van der Waals surface area contributed by atoms with Crippen molar-refractivity contribution in [1.29, 1.82) is 0 Å². The Balaban J connectivity index is 2.55. The highest BCUT2D eigenvalue weighted by Crippen LogP contribution is 2.33. The molecule has 3 N–H and O–H groups in total. The molecule has 0 aliphatic heterocycles. The van der Waals surface area contributed by atoms with Crippen molar-refractivity contribution in [1.82, 2.24) is 9.97 Å². The van der Waals surface area contributed by atoms with Crippen molar-refractivity contribution in [3.8, 4) is 11.6 Å². The number of carbonyl (C=O) groups is 1. The van der Waals surface area contributed by atoms with Crippen LogP contribution in [0.1, 0.15) is 69.2 Å². The highest BCUT2D eigenvalue weighted by molar-refractivity contribution is 7.92. The van der Waals surface area contributed by atoms with E-state index in [9.17, 15) is 23.4 Å². The molecule has 0 saturated heterocycles. The Labute approximate surface area is 212 Å². The monoisotopic (exact) mass is 521 g/mol. The van der Waals surface area contributed by atoms with E-state index in [1.807, 2.05) is 26.0 Å². The van der Waals surface area contributed by atoms with Gasteiger partial charge in [-0.05, 0) is 35.6 Å². The largest absolute Gasteiger partial charge is 0.481 e. The van der Waals surface area contributed by atoms with Gasteiger partial charge in [0.05, 0.1) is 36.1 Å². The lowest BCUT2D eigenvalue weighted by Crippen LogP contribution is -2.27. The summed E-state index contributed by atoms with van der Waals surface area (Å²) in [6, 6.07) is 7.43. The second-order valence-corrected chi connectivity index (χ2v) is 11.3. The maximum absolute atomic E-state index is 12.2. The fourth-order valence-electron chi connectivity index (χ4n) is 3.30. The number of carboxylic acids is 1. The van der Waals surface area contributed by atoms with Crippen LogP contribution in [-0.2, 0) is 14.8 Å². The Kier molecular flexibility index (Phi) is 9.97. The van der Waals surface area contributed by atoms with Gasteiger partial charge < -0.3 is 20.1 Å². The minimum Gasteiger partial charge on any atom is -0.481 e. The van der Waals surface area contributed by atoms with E-state index in [1.165, 1.54) is 19.2 Å². The molecule has 11 heteroatoms. The molecule has 36 heavy (non-hydrogen) atoms. The molecule has 198 valence electrons. The van der Waals surface area contributed by atoms with Gasteiger partial charge in [0.15, 0.2) is 0 Å². The minimum atomic E-state index is -3.65. The van der Waals surface area contributed by atoms with Gasteiger partial charge in [-0.3, -0.25) is 4.79 Å². The Morgan fingerprint density at radius 2 is 1.69 bits per heavy atom. The Hall–Kier alpha value is -3.02. The summed E-state index contributed by atoms with van der Waals surface area (Å²) in [4.78, 5) is 19.6. The van der Waals surface area contributed by atoms with Gasteiger partial charge in [-0.25, -0.2) is 17.7 Å². The van der Waals surface area contributed by atoms with Gasteiger partial charge in [-0.15, -0.1) is 0 Å². The summed E-state index contributed by atoms with van der Waals surface area (Å²) >= 11 is 0. The third kappa shape index (κ3) is 8.28. The Morgan fingerprint density at radius 3 is 2.19 bits per heavy atom. The van der Waals surface area contributed by atoms with Gasteiger partial charge in [0.25, 0.3) is 0 Å². The lowest BCUT2D eigenvalue weighted by molar-refractivity contribution is -0.139. The van der Waals surface area contributed by atoms with Gasteiger partial charge in [0, 0.05) is 13.5 Å². The lowest BCUT2D eigenvalue weighted by atomic mass is 10.0. The summed E-state index contributed by atoms with van der Waals surface area (Å²) in [5.74, 6) is -0.501. The summed E-state index contributed by atoms with van der Waals surface area (Å²) in [6.07, 6.45) is 0.948. The van der Waals surface area contributed by atoms with E-state index < -0.39 is 34.6 Å². The van der Waals surface area contributed by atoms with Crippen LogP contribution in [0.3, 0.4) is 0 Å². The number of aliphatic carboxylic acids is 1. The molecule has 10 nitrogen and oxygen atoms in total. The molecule has 1 aromatic heterocycles. The molecule has 0 aliphatic carbocycles. The van der Waals surface area contributed by atoms with Crippen LogP contribution in [0, 0.1) is 0 Å². The highest BCUT2D eigenvalue weighted by Gasteiger charge is 2.23. The number of anilines is 1. The van der Waals surface area contributed by atoms with Crippen molar-refractivity contribution in [3.63, 3.8) is 0 Å². The predicted octanol–water partition coefficient (Wildman–Crippen LogP) is 3.51. The normalized spacial score (nSPS) is 13.8. The molecule has 0 amide bonds. The smallest absolute Gasteiger partial charge is 0.305 e. The second kappa shape index (κ2) is 12.3. The standard InChI is InChI=1S/C25H35N3O7S/c1-15(2)17-7-10-20(11-8-17)35-24-21(12-9-18(29)13-19(30)14-22(31)32)23(16(3)4)26-25(27-24)28(5)36(6,33)34/h7-12,15-16,18-19,29-30H,13-14H2,1-6H3,(H,31,32)/b12-9+/t18-,19-/m1/s1. The quantitative estimate of drug-likeness (QED) is 0.381. The van der Waals surface area contributed by atoms with Gasteiger partial charge in [0.2, 0.25) is 21.9 Å². The number of aliphatic hydroxyl groups is 2. The molecule has 0 saturated carbocycles. The summed E-state index contributed by atoms with van der Waals surface area (Å²) < 4.78 is 31.3. The van der Waals surface area contributed by atoms with E-state index >= 15 is 0 Å². The Morgan fingerprint density at radius 1 is 1.08 bits per heavy atom. The molecule has 0 fully saturated rings. The molecule has 1 aromatic carbocycles. The van der Waals surface area contributed by atoms with Crippen LogP contribution in [0.2, 0.25) is 0 Å². The van der Waals surface area contributed by atoms with Crippen molar-refractivity contribution >= 4 is 28.0 Å². The molecular formula is C25H35N3O7S. The number of hydrogen-bond acceptors (Lipinski definition) is 8. The number of hydrogen-bond donors (Lipinski definition) is 3. The average Bonchev–Trinajstić information content (AvgIpc) is 2.76. The first-order chi connectivity index (χ1) is 16.7. The number of aromatic nitrogens is 2. The van der Waals surface area contributed by atoms with Crippen LogP contribution in [-0.4, -0.2) is 65.2 Å². The number of rotatable bonds is 12.